The van der Waals surface area contributed by atoms with Crippen molar-refractivity contribution < 1.29 is 14.3 Å². The predicted molar refractivity (Wildman–Crippen MR) is 92.0 cm³/mol. The van der Waals surface area contributed by atoms with Gasteiger partial charge in [-0.15, -0.1) is 0 Å². The van der Waals surface area contributed by atoms with Gasteiger partial charge >= 0.3 is 6.03 Å². The Labute approximate surface area is 143 Å². The maximum Gasteiger partial charge on any atom is 0.321 e. The van der Waals surface area contributed by atoms with E-state index in [9.17, 15) is 9.59 Å². The molecule has 0 radical (unpaired) electrons. The second-order valence-electron chi connectivity index (χ2n) is 5.76. The van der Waals surface area contributed by atoms with Crippen LogP contribution in [0.25, 0.3) is 0 Å². The molecule has 1 aliphatic rings. The van der Waals surface area contributed by atoms with Crippen molar-refractivity contribution in [3.8, 4) is 5.88 Å². The molecule has 3 amide bonds. The molecule has 132 valence electrons. The number of carbonyl (C=O) groups excluding carboxylic acids is 2. The SMILES string of the molecule is CCN(CC)C(=O)C1CCN(C(=O)Nc2cccnc2OC)CC1. The number of aromatic nitrogens is 1. The van der Waals surface area contributed by atoms with Gasteiger partial charge in [-0.2, -0.15) is 0 Å². The minimum absolute atomic E-state index is 0.0156. The van der Waals surface area contributed by atoms with Gasteiger partial charge in [-0.05, 0) is 38.8 Å². The molecule has 1 aromatic heterocycles. The van der Waals surface area contributed by atoms with Crippen LogP contribution in [0.3, 0.4) is 0 Å². The largest absolute Gasteiger partial charge is 0.480 e. The van der Waals surface area contributed by atoms with E-state index in [0.29, 0.717) is 37.5 Å². The van der Waals surface area contributed by atoms with Crippen molar-refractivity contribution in [1.29, 1.82) is 0 Å². The molecule has 0 bridgehead atoms. The van der Waals surface area contributed by atoms with Crippen molar-refractivity contribution in [2.24, 2.45) is 5.92 Å². The van der Waals surface area contributed by atoms with Crippen molar-refractivity contribution in [2.75, 3.05) is 38.6 Å². The van der Waals surface area contributed by atoms with Gasteiger partial charge in [0, 0.05) is 38.3 Å². The standard InChI is InChI=1S/C17H26N4O3/c1-4-20(5-2)16(22)13-8-11-21(12-9-13)17(23)19-14-7-6-10-18-15(14)24-3/h6-7,10,13H,4-5,8-9,11-12H2,1-3H3,(H,19,23). The normalized spacial score (nSPS) is 15.0. The van der Waals surface area contributed by atoms with Crippen LogP contribution in [0.15, 0.2) is 18.3 Å². The summed E-state index contributed by atoms with van der Waals surface area (Å²) in [6.45, 7) is 6.60. The molecule has 1 aromatic rings. The van der Waals surface area contributed by atoms with E-state index in [4.69, 9.17) is 4.74 Å². The van der Waals surface area contributed by atoms with Crippen LogP contribution in [-0.4, -0.2) is 60.0 Å². The first kappa shape index (κ1) is 18.0. The number of hydrogen-bond donors (Lipinski definition) is 1. The highest BCUT2D eigenvalue weighted by molar-refractivity contribution is 5.90. The molecule has 1 fully saturated rings. The molecule has 1 saturated heterocycles. The fourth-order valence-corrected chi connectivity index (χ4v) is 2.97. The number of nitrogens with zero attached hydrogens (tertiary/aromatic N) is 3. The van der Waals surface area contributed by atoms with Gasteiger partial charge in [0.15, 0.2) is 0 Å². The fourth-order valence-electron chi connectivity index (χ4n) is 2.97. The number of methoxy groups -OCH3 is 1. The minimum Gasteiger partial charge on any atom is -0.480 e. The predicted octanol–water partition coefficient (Wildman–Crippen LogP) is 2.20. The number of pyridine rings is 1. The molecule has 1 N–H and O–H groups in total. The van der Waals surface area contributed by atoms with Crippen LogP contribution in [0, 0.1) is 5.92 Å². The van der Waals surface area contributed by atoms with Crippen LogP contribution in [0.5, 0.6) is 5.88 Å². The first-order valence-corrected chi connectivity index (χ1v) is 8.44. The first-order chi connectivity index (χ1) is 11.6. The maximum atomic E-state index is 12.4. The van der Waals surface area contributed by atoms with Gasteiger partial charge in [0.2, 0.25) is 11.8 Å². The number of hydrogen-bond acceptors (Lipinski definition) is 4. The number of piperidine rings is 1. The van der Waals surface area contributed by atoms with E-state index in [0.717, 1.165) is 13.1 Å². The second kappa shape index (κ2) is 8.52. The Bertz CT molecular complexity index is 567. The highest BCUT2D eigenvalue weighted by atomic mass is 16.5. The number of rotatable bonds is 5. The van der Waals surface area contributed by atoms with E-state index in [-0.39, 0.29) is 17.9 Å². The molecule has 2 heterocycles. The third kappa shape index (κ3) is 4.15. The van der Waals surface area contributed by atoms with Crippen LogP contribution in [0.1, 0.15) is 26.7 Å². The summed E-state index contributed by atoms with van der Waals surface area (Å²) in [4.78, 5) is 32.4. The zero-order valence-corrected chi connectivity index (χ0v) is 14.6. The van der Waals surface area contributed by atoms with E-state index in [1.54, 1.807) is 23.2 Å². The molecule has 0 aliphatic carbocycles. The monoisotopic (exact) mass is 334 g/mol. The highest BCUT2D eigenvalue weighted by Gasteiger charge is 2.29. The van der Waals surface area contributed by atoms with E-state index >= 15 is 0 Å². The number of ether oxygens (including phenoxy) is 1. The molecule has 0 spiro atoms. The number of carbonyl (C=O) groups is 2. The molecular weight excluding hydrogens is 308 g/mol. The van der Waals surface area contributed by atoms with Gasteiger partial charge in [-0.25, -0.2) is 9.78 Å². The summed E-state index contributed by atoms with van der Waals surface area (Å²) in [5.74, 6) is 0.605. The Kier molecular flexibility index (Phi) is 6.40. The smallest absolute Gasteiger partial charge is 0.321 e. The van der Waals surface area contributed by atoms with Gasteiger partial charge in [-0.1, -0.05) is 0 Å². The van der Waals surface area contributed by atoms with Crippen LogP contribution in [0.4, 0.5) is 10.5 Å². The Morgan fingerprint density at radius 2 is 2.00 bits per heavy atom. The highest BCUT2D eigenvalue weighted by Crippen LogP contribution is 2.23. The Hall–Kier alpha value is -2.31. The molecule has 24 heavy (non-hydrogen) atoms. The van der Waals surface area contributed by atoms with Gasteiger partial charge in [0.05, 0.1) is 7.11 Å². The summed E-state index contributed by atoms with van der Waals surface area (Å²) in [5.41, 5.74) is 0.548. The summed E-state index contributed by atoms with van der Waals surface area (Å²) >= 11 is 0. The third-order valence-electron chi connectivity index (χ3n) is 4.41. The van der Waals surface area contributed by atoms with Crippen LogP contribution >= 0.6 is 0 Å². The topological polar surface area (TPSA) is 74.8 Å². The lowest BCUT2D eigenvalue weighted by atomic mass is 9.95. The number of likely N-dealkylation sites (tertiary alicyclic amines) is 1. The molecule has 0 aromatic carbocycles. The summed E-state index contributed by atoms with van der Waals surface area (Å²) in [7, 11) is 1.52. The summed E-state index contributed by atoms with van der Waals surface area (Å²) in [6, 6.07) is 3.31. The van der Waals surface area contributed by atoms with E-state index in [2.05, 4.69) is 10.3 Å². The number of nitrogens with one attached hydrogen (secondary N) is 1. The molecule has 7 nitrogen and oxygen atoms in total. The molecule has 7 heteroatoms. The Balaban J connectivity index is 1.90. The third-order valence-corrected chi connectivity index (χ3v) is 4.41. The summed E-state index contributed by atoms with van der Waals surface area (Å²) in [5, 5.41) is 2.82. The van der Waals surface area contributed by atoms with E-state index < -0.39 is 0 Å². The van der Waals surface area contributed by atoms with Crippen LogP contribution < -0.4 is 10.1 Å². The maximum absolute atomic E-state index is 12.4. The fraction of sp³-hybridized carbons (Fsp3) is 0.588. The molecule has 1 aliphatic heterocycles. The zero-order valence-electron chi connectivity index (χ0n) is 14.6. The van der Waals surface area contributed by atoms with Gasteiger partial charge < -0.3 is 19.9 Å². The van der Waals surface area contributed by atoms with Gasteiger partial charge in [0.1, 0.15) is 5.69 Å². The molecule has 0 atom stereocenters. The van der Waals surface area contributed by atoms with Crippen molar-refractivity contribution in [1.82, 2.24) is 14.8 Å². The number of anilines is 1. The first-order valence-electron chi connectivity index (χ1n) is 8.44. The van der Waals surface area contributed by atoms with Gasteiger partial charge in [0.25, 0.3) is 0 Å². The average molecular weight is 334 g/mol. The lowest BCUT2D eigenvalue weighted by Gasteiger charge is -2.33. The Morgan fingerprint density at radius 1 is 1.33 bits per heavy atom. The quantitative estimate of drug-likeness (QED) is 0.896. The van der Waals surface area contributed by atoms with Gasteiger partial charge in [-0.3, -0.25) is 4.79 Å². The second-order valence-corrected chi connectivity index (χ2v) is 5.76. The van der Waals surface area contributed by atoms with E-state index in [1.807, 2.05) is 18.7 Å². The van der Waals surface area contributed by atoms with Crippen molar-refractivity contribution in [3.63, 3.8) is 0 Å². The molecule has 0 unspecified atom stereocenters. The average Bonchev–Trinajstić information content (AvgIpc) is 2.63. The van der Waals surface area contributed by atoms with Crippen LogP contribution in [0.2, 0.25) is 0 Å². The zero-order chi connectivity index (χ0) is 17.5. The lowest BCUT2D eigenvalue weighted by molar-refractivity contribution is -0.136. The molecular formula is C17H26N4O3. The summed E-state index contributed by atoms with van der Waals surface area (Å²) < 4.78 is 5.14. The lowest BCUT2D eigenvalue weighted by Crippen LogP contribution is -2.45. The van der Waals surface area contributed by atoms with Crippen molar-refractivity contribution >= 4 is 17.6 Å². The van der Waals surface area contributed by atoms with E-state index in [1.165, 1.54) is 7.11 Å². The summed E-state index contributed by atoms with van der Waals surface area (Å²) in [6.07, 6.45) is 3.01. The molecule has 2 rings (SSSR count). The molecule has 0 saturated carbocycles. The minimum atomic E-state index is -0.185. The van der Waals surface area contributed by atoms with Crippen molar-refractivity contribution in [3.05, 3.63) is 18.3 Å². The van der Waals surface area contributed by atoms with Crippen molar-refractivity contribution in [2.45, 2.75) is 26.7 Å². The van der Waals surface area contributed by atoms with Crippen LogP contribution in [-0.2, 0) is 4.79 Å². The Morgan fingerprint density at radius 3 is 2.58 bits per heavy atom. The number of urea groups is 1. The number of amides is 3.